The van der Waals surface area contributed by atoms with Crippen molar-refractivity contribution in [2.75, 3.05) is 16.4 Å². The molecule has 0 spiro atoms. The van der Waals surface area contributed by atoms with Gasteiger partial charge in [-0.25, -0.2) is 13.4 Å². The zero-order chi connectivity index (χ0) is 13.1. The molecular weight excluding hydrogens is 283 g/mol. The van der Waals surface area contributed by atoms with Crippen LogP contribution < -0.4 is 4.72 Å². The fraction of sp³-hybridized carbons (Fsp3) is 0.500. The summed E-state index contributed by atoms with van der Waals surface area (Å²) in [7, 11) is -3.39. The molecule has 0 aliphatic heterocycles. The number of nitrogens with zero attached hydrogens (tertiary/aromatic N) is 1. The van der Waals surface area contributed by atoms with Gasteiger partial charge in [-0.15, -0.1) is 11.6 Å². The van der Waals surface area contributed by atoms with Gasteiger partial charge in [-0.3, -0.25) is 4.72 Å². The molecule has 17 heavy (non-hydrogen) atoms. The molecule has 0 fully saturated rings. The summed E-state index contributed by atoms with van der Waals surface area (Å²) in [6.07, 6.45) is 1.39. The standard InChI is InChI=1S/C10H14Cl2N2O2S/c1-7(4-11)6-17(15,16)14-9-3-8(2)10(12)13-5-9/h3,5,7,14H,4,6H2,1-2H3. The smallest absolute Gasteiger partial charge is 0.233 e. The minimum atomic E-state index is -3.39. The van der Waals surface area contributed by atoms with E-state index in [0.29, 0.717) is 16.7 Å². The summed E-state index contributed by atoms with van der Waals surface area (Å²) >= 11 is 11.3. The lowest BCUT2D eigenvalue weighted by Crippen LogP contribution is -2.22. The first-order valence-corrected chi connectivity index (χ1v) is 7.59. The molecule has 0 saturated heterocycles. The molecular formula is C10H14Cl2N2O2S. The molecule has 0 saturated carbocycles. The first kappa shape index (κ1) is 14.5. The average Bonchev–Trinajstić information content (AvgIpc) is 2.22. The monoisotopic (exact) mass is 296 g/mol. The highest BCUT2D eigenvalue weighted by molar-refractivity contribution is 7.92. The van der Waals surface area contributed by atoms with Crippen LogP contribution >= 0.6 is 23.2 Å². The summed E-state index contributed by atoms with van der Waals surface area (Å²) in [5, 5.41) is 0.363. The van der Waals surface area contributed by atoms with E-state index in [1.54, 1.807) is 19.9 Å². The second kappa shape index (κ2) is 5.89. The van der Waals surface area contributed by atoms with E-state index in [-0.39, 0.29) is 11.7 Å². The van der Waals surface area contributed by atoms with E-state index >= 15 is 0 Å². The van der Waals surface area contributed by atoms with E-state index in [2.05, 4.69) is 9.71 Å². The van der Waals surface area contributed by atoms with Crippen molar-refractivity contribution in [2.45, 2.75) is 13.8 Å². The maximum atomic E-state index is 11.7. The zero-order valence-corrected chi connectivity index (χ0v) is 11.9. The quantitative estimate of drug-likeness (QED) is 0.671. The van der Waals surface area contributed by atoms with E-state index in [1.165, 1.54) is 6.20 Å². The number of hydrogen-bond acceptors (Lipinski definition) is 3. The molecule has 0 radical (unpaired) electrons. The number of hydrogen-bond donors (Lipinski definition) is 1. The number of aryl methyl sites for hydroxylation is 1. The molecule has 0 aromatic carbocycles. The molecule has 0 bridgehead atoms. The normalized spacial score (nSPS) is 13.4. The van der Waals surface area contributed by atoms with E-state index in [9.17, 15) is 8.42 Å². The number of nitrogens with one attached hydrogen (secondary N) is 1. The summed E-state index contributed by atoms with van der Waals surface area (Å²) in [6.45, 7) is 3.53. The molecule has 0 aliphatic carbocycles. The Morgan fingerprint density at radius 3 is 2.71 bits per heavy atom. The van der Waals surface area contributed by atoms with Crippen LogP contribution in [0.2, 0.25) is 5.15 Å². The highest BCUT2D eigenvalue weighted by atomic mass is 35.5. The van der Waals surface area contributed by atoms with Crippen molar-refractivity contribution in [2.24, 2.45) is 5.92 Å². The van der Waals surface area contributed by atoms with Crippen LogP contribution in [0.5, 0.6) is 0 Å². The summed E-state index contributed by atoms with van der Waals surface area (Å²) in [6, 6.07) is 1.64. The van der Waals surface area contributed by atoms with Gasteiger partial charge in [0.25, 0.3) is 0 Å². The van der Waals surface area contributed by atoms with Crippen LogP contribution in [0.25, 0.3) is 0 Å². The minimum Gasteiger partial charge on any atom is -0.282 e. The van der Waals surface area contributed by atoms with Gasteiger partial charge in [0, 0.05) is 5.88 Å². The Kier molecular flexibility index (Phi) is 5.04. The lowest BCUT2D eigenvalue weighted by atomic mass is 10.3. The fourth-order valence-corrected chi connectivity index (χ4v) is 3.02. The first-order chi connectivity index (χ1) is 7.84. The Labute approximate surface area is 111 Å². The molecule has 4 nitrogen and oxygen atoms in total. The maximum absolute atomic E-state index is 11.7. The van der Waals surface area contributed by atoms with E-state index in [4.69, 9.17) is 23.2 Å². The number of aromatic nitrogens is 1. The molecule has 96 valence electrons. The molecule has 1 aromatic heterocycles. The number of rotatable bonds is 5. The molecule has 1 atom stereocenters. The number of anilines is 1. The summed E-state index contributed by atoms with van der Waals surface area (Å²) in [4.78, 5) is 3.87. The van der Waals surface area contributed by atoms with Gasteiger partial charge in [0.1, 0.15) is 5.15 Å². The molecule has 0 aliphatic rings. The summed E-state index contributed by atoms with van der Waals surface area (Å²) < 4.78 is 25.9. The van der Waals surface area contributed by atoms with Crippen LogP contribution in [0.3, 0.4) is 0 Å². The summed E-state index contributed by atoms with van der Waals surface area (Å²) in [5.74, 6) is 0.187. The van der Waals surface area contributed by atoms with Gasteiger partial charge in [-0.1, -0.05) is 18.5 Å². The fourth-order valence-electron chi connectivity index (χ4n) is 1.25. The summed E-state index contributed by atoms with van der Waals surface area (Å²) in [5.41, 5.74) is 1.13. The van der Waals surface area contributed by atoms with Gasteiger partial charge in [0.2, 0.25) is 10.0 Å². The highest BCUT2D eigenvalue weighted by Gasteiger charge is 2.15. The third kappa shape index (κ3) is 4.69. The molecule has 1 rings (SSSR count). The lowest BCUT2D eigenvalue weighted by molar-refractivity contribution is 0.588. The van der Waals surface area contributed by atoms with Crippen molar-refractivity contribution in [1.29, 1.82) is 0 Å². The van der Waals surface area contributed by atoms with Gasteiger partial charge >= 0.3 is 0 Å². The predicted octanol–water partition coefficient (Wildman–Crippen LogP) is 2.66. The van der Waals surface area contributed by atoms with Crippen LogP contribution in [0.4, 0.5) is 5.69 Å². The maximum Gasteiger partial charge on any atom is 0.233 e. The van der Waals surface area contributed by atoms with E-state index in [1.807, 2.05) is 0 Å². The van der Waals surface area contributed by atoms with Crippen LogP contribution in [0, 0.1) is 12.8 Å². The van der Waals surface area contributed by atoms with Crippen molar-refractivity contribution in [3.05, 3.63) is 23.0 Å². The Hall–Kier alpha value is -0.520. The Morgan fingerprint density at radius 1 is 1.53 bits per heavy atom. The Bertz CT molecular complexity index is 491. The SMILES string of the molecule is Cc1cc(NS(=O)(=O)CC(C)CCl)cnc1Cl. The minimum absolute atomic E-state index is 0.0157. The van der Waals surface area contributed by atoms with Gasteiger partial charge in [-0.05, 0) is 24.5 Å². The van der Waals surface area contributed by atoms with E-state index in [0.717, 1.165) is 5.56 Å². The Balaban J connectivity index is 2.80. The van der Waals surface area contributed by atoms with Gasteiger partial charge in [-0.2, -0.15) is 0 Å². The van der Waals surface area contributed by atoms with Crippen LogP contribution in [0.1, 0.15) is 12.5 Å². The molecule has 1 unspecified atom stereocenters. The third-order valence-electron chi connectivity index (χ3n) is 2.06. The van der Waals surface area contributed by atoms with Crippen LogP contribution in [0.15, 0.2) is 12.3 Å². The Morgan fingerprint density at radius 2 is 2.18 bits per heavy atom. The van der Waals surface area contributed by atoms with Crippen LogP contribution in [-0.2, 0) is 10.0 Å². The highest BCUT2D eigenvalue weighted by Crippen LogP contribution is 2.17. The van der Waals surface area contributed by atoms with Crippen molar-refractivity contribution < 1.29 is 8.42 Å². The average molecular weight is 297 g/mol. The van der Waals surface area contributed by atoms with Gasteiger partial charge < -0.3 is 0 Å². The third-order valence-corrected chi connectivity index (χ3v) is 4.53. The van der Waals surface area contributed by atoms with Gasteiger partial charge in [0.15, 0.2) is 0 Å². The molecule has 1 N–H and O–H groups in total. The number of sulfonamides is 1. The van der Waals surface area contributed by atoms with Crippen molar-refractivity contribution in [3.63, 3.8) is 0 Å². The number of halogens is 2. The zero-order valence-electron chi connectivity index (χ0n) is 9.57. The van der Waals surface area contributed by atoms with Crippen LogP contribution in [-0.4, -0.2) is 25.0 Å². The number of pyridine rings is 1. The predicted molar refractivity (Wildman–Crippen MR) is 71.3 cm³/mol. The largest absolute Gasteiger partial charge is 0.282 e. The second-order valence-corrected chi connectivity index (χ2v) is 6.41. The molecule has 1 heterocycles. The molecule has 1 aromatic rings. The molecule has 7 heteroatoms. The van der Waals surface area contributed by atoms with Gasteiger partial charge in [0.05, 0.1) is 17.6 Å². The lowest BCUT2D eigenvalue weighted by Gasteiger charge is -2.11. The van der Waals surface area contributed by atoms with E-state index < -0.39 is 10.0 Å². The second-order valence-electron chi connectivity index (χ2n) is 3.97. The number of alkyl halides is 1. The molecule has 0 amide bonds. The van der Waals surface area contributed by atoms with Crippen molar-refractivity contribution in [3.8, 4) is 0 Å². The topological polar surface area (TPSA) is 59.1 Å². The first-order valence-electron chi connectivity index (χ1n) is 5.02. The van der Waals surface area contributed by atoms with Crippen molar-refractivity contribution in [1.82, 2.24) is 4.98 Å². The van der Waals surface area contributed by atoms with Crippen molar-refractivity contribution >= 4 is 38.9 Å².